The average molecular weight is 271 g/mol. The van der Waals surface area contributed by atoms with Gasteiger partial charge < -0.3 is 5.11 Å². The number of piperidine rings is 1. The summed E-state index contributed by atoms with van der Waals surface area (Å²) in [5, 5.41) is 9.53. The molecule has 0 aliphatic carbocycles. The highest BCUT2D eigenvalue weighted by Gasteiger charge is 2.17. The molecular weight excluding hydrogens is 256 g/mol. The van der Waals surface area contributed by atoms with Crippen LogP contribution in [0.1, 0.15) is 18.5 Å². The summed E-state index contributed by atoms with van der Waals surface area (Å²) in [7, 11) is 0. The largest absolute Gasteiger partial charge is 0.392 e. The van der Waals surface area contributed by atoms with Gasteiger partial charge in [0.05, 0.1) is 11.8 Å². The fourth-order valence-electron chi connectivity index (χ4n) is 1.90. The van der Waals surface area contributed by atoms with Crippen molar-refractivity contribution in [1.82, 2.24) is 9.88 Å². The van der Waals surface area contributed by atoms with Gasteiger partial charge >= 0.3 is 0 Å². The Morgan fingerprint density at radius 1 is 1.53 bits per heavy atom. The minimum absolute atomic E-state index is 0.158. The number of aliphatic hydroxyl groups is 1. The molecule has 0 saturated carbocycles. The van der Waals surface area contributed by atoms with Gasteiger partial charge in [0.15, 0.2) is 0 Å². The average Bonchev–Trinajstić information content (AvgIpc) is 2.22. The van der Waals surface area contributed by atoms with E-state index in [4.69, 9.17) is 0 Å². The van der Waals surface area contributed by atoms with Crippen LogP contribution in [-0.4, -0.2) is 34.2 Å². The van der Waals surface area contributed by atoms with Gasteiger partial charge in [0.1, 0.15) is 0 Å². The van der Waals surface area contributed by atoms with E-state index in [2.05, 4.69) is 25.8 Å². The number of aliphatic hydroxyl groups excluding tert-OH is 1. The van der Waals surface area contributed by atoms with Crippen LogP contribution in [0.5, 0.6) is 0 Å². The zero-order valence-electron chi connectivity index (χ0n) is 8.56. The van der Waals surface area contributed by atoms with Crippen molar-refractivity contribution in [2.24, 2.45) is 0 Å². The van der Waals surface area contributed by atoms with Gasteiger partial charge in [0.2, 0.25) is 0 Å². The molecule has 0 spiro atoms. The van der Waals surface area contributed by atoms with Gasteiger partial charge in [0.25, 0.3) is 0 Å². The first-order valence-corrected chi connectivity index (χ1v) is 6.04. The zero-order valence-corrected chi connectivity index (χ0v) is 10.2. The molecule has 1 aliphatic heterocycles. The number of nitrogens with zero attached hydrogens (tertiary/aromatic N) is 2. The third-order valence-electron chi connectivity index (χ3n) is 2.65. The Bertz CT molecular complexity index is 315. The van der Waals surface area contributed by atoms with Crippen LogP contribution in [0.25, 0.3) is 0 Å². The molecule has 0 radical (unpaired) electrons. The number of β-amino-alcohol motifs (C(OH)–C–C–N with tert-alkyl or cyclic N) is 1. The van der Waals surface area contributed by atoms with Crippen molar-refractivity contribution in [3.63, 3.8) is 0 Å². The summed E-state index contributed by atoms with van der Waals surface area (Å²) >= 11 is 3.36. The molecule has 0 aromatic carbocycles. The molecule has 82 valence electrons. The zero-order chi connectivity index (χ0) is 10.7. The molecule has 1 atom stereocenters. The van der Waals surface area contributed by atoms with Gasteiger partial charge in [-0.15, -0.1) is 0 Å². The highest BCUT2D eigenvalue weighted by Crippen LogP contribution is 2.13. The molecule has 0 unspecified atom stereocenters. The van der Waals surface area contributed by atoms with E-state index in [1.54, 1.807) is 0 Å². The SMILES string of the molecule is O[C@H]1CCCN(Cc2ccc(Br)cn2)C1. The minimum Gasteiger partial charge on any atom is -0.392 e. The van der Waals surface area contributed by atoms with Crippen molar-refractivity contribution in [1.29, 1.82) is 0 Å². The van der Waals surface area contributed by atoms with E-state index in [0.29, 0.717) is 0 Å². The Kier molecular flexibility index (Phi) is 3.72. The smallest absolute Gasteiger partial charge is 0.0667 e. The van der Waals surface area contributed by atoms with Crippen molar-refractivity contribution in [2.45, 2.75) is 25.5 Å². The summed E-state index contributed by atoms with van der Waals surface area (Å²) in [6.45, 7) is 2.68. The van der Waals surface area contributed by atoms with E-state index in [1.807, 2.05) is 18.3 Å². The van der Waals surface area contributed by atoms with Crippen LogP contribution in [0.3, 0.4) is 0 Å². The summed E-state index contributed by atoms with van der Waals surface area (Å²) in [5.41, 5.74) is 1.06. The van der Waals surface area contributed by atoms with Gasteiger partial charge in [-0.25, -0.2) is 0 Å². The van der Waals surface area contributed by atoms with Gasteiger partial charge in [-0.2, -0.15) is 0 Å². The second-order valence-electron chi connectivity index (χ2n) is 4.00. The lowest BCUT2D eigenvalue weighted by atomic mass is 10.1. The predicted molar refractivity (Wildman–Crippen MR) is 62.5 cm³/mol. The molecule has 0 amide bonds. The maximum Gasteiger partial charge on any atom is 0.0667 e. The molecule has 15 heavy (non-hydrogen) atoms. The molecule has 1 aromatic rings. The van der Waals surface area contributed by atoms with Crippen LogP contribution < -0.4 is 0 Å². The van der Waals surface area contributed by atoms with Crippen LogP contribution in [0.2, 0.25) is 0 Å². The first-order chi connectivity index (χ1) is 7.24. The molecule has 0 bridgehead atoms. The van der Waals surface area contributed by atoms with E-state index in [1.165, 1.54) is 0 Å². The van der Waals surface area contributed by atoms with Crippen molar-refractivity contribution in [3.05, 3.63) is 28.5 Å². The standard InChI is InChI=1S/C11H15BrN2O/c12-9-3-4-10(13-6-9)7-14-5-1-2-11(15)8-14/h3-4,6,11,15H,1-2,5,7-8H2/t11-/m0/s1. The van der Waals surface area contributed by atoms with Crippen LogP contribution >= 0.6 is 15.9 Å². The number of aromatic nitrogens is 1. The Morgan fingerprint density at radius 3 is 3.07 bits per heavy atom. The van der Waals surface area contributed by atoms with Crippen LogP contribution in [-0.2, 0) is 6.54 Å². The summed E-state index contributed by atoms with van der Waals surface area (Å²) in [6, 6.07) is 4.02. The predicted octanol–water partition coefficient (Wildman–Crippen LogP) is 1.80. The van der Waals surface area contributed by atoms with Gasteiger partial charge in [-0.05, 0) is 47.4 Å². The monoisotopic (exact) mass is 270 g/mol. The first kappa shape index (κ1) is 11.0. The summed E-state index contributed by atoms with van der Waals surface area (Å²) < 4.78 is 1.00. The summed E-state index contributed by atoms with van der Waals surface area (Å²) in [4.78, 5) is 6.58. The van der Waals surface area contributed by atoms with Crippen LogP contribution in [0, 0.1) is 0 Å². The molecule has 1 saturated heterocycles. The lowest BCUT2D eigenvalue weighted by Crippen LogP contribution is -2.37. The lowest BCUT2D eigenvalue weighted by Gasteiger charge is -2.29. The Morgan fingerprint density at radius 2 is 2.40 bits per heavy atom. The second kappa shape index (κ2) is 5.05. The van der Waals surface area contributed by atoms with Crippen LogP contribution in [0.4, 0.5) is 0 Å². The molecule has 2 heterocycles. The molecule has 1 N–H and O–H groups in total. The van der Waals surface area contributed by atoms with Crippen LogP contribution in [0.15, 0.2) is 22.8 Å². The van der Waals surface area contributed by atoms with Crippen molar-refractivity contribution in [3.8, 4) is 0 Å². The van der Waals surface area contributed by atoms with Gasteiger partial charge in [0, 0.05) is 23.8 Å². The summed E-state index contributed by atoms with van der Waals surface area (Å²) in [5.74, 6) is 0. The number of pyridine rings is 1. The summed E-state index contributed by atoms with van der Waals surface area (Å²) in [6.07, 6.45) is 3.67. The van der Waals surface area contributed by atoms with Gasteiger partial charge in [-0.3, -0.25) is 9.88 Å². The minimum atomic E-state index is -0.158. The highest BCUT2D eigenvalue weighted by atomic mass is 79.9. The van der Waals surface area contributed by atoms with E-state index in [-0.39, 0.29) is 6.10 Å². The van der Waals surface area contributed by atoms with Crippen molar-refractivity contribution >= 4 is 15.9 Å². The van der Waals surface area contributed by atoms with E-state index in [9.17, 15) is 5.11 Å². The maximum atomic E-state index is 9.53. The number of halogens is 1. The Labute approximate surface area is 98.3 Å². The quantitative estimate of drug-likeness (QED) is 0.891. The Balaban J connectivity index is 1.93. The third-order valence-corrected chi connectivity index (χ3v) is 3.12. The number of hydrogen-bond donors (Lipinski definition) is 1. The van der Waals surface area contributed by atoms with E-state index < -0.39 is 0 Å². The second-order valence-corrected chi connectivity index (χ2v) is 4.91. The molecule has 3 nitrogen and oxygen atoms in total. The molecule has 1 aliphatic rings. The lowest BCUT2D eigenvalue weighted by molar-refractivity contribution is 0.0662. The number of rotatable bonds is 2. The van der Waals surface area contributed by atoms with E-state index >= 15 is 0 Å². The van der Waals surface area contributed by atoms with Gasteiger partial charge in [-0.1, -0.05) is 0 Å². The maximum absolute atomic E-state index is 9.53. The topological polar surface area (TPSA) is 36.4 Å². The molecule has 1 aromatic heterocycles. The first-order valence-electron chi connectivity index (χ1n) is 5.25. The molecule has 1 fully saturated rings. The normalized spacial score (nSPS) is 22.9. The van der Waals surface area contributed by atoms with E-state index in [0.717, 1.165) is 42.6 Å². The molecular formula is C11H15BrN2O. The highest BCUT2D eigenvalue weighted by molar-refractivity contribution is 9.10. The molecule has 4 heteroatoms. The third kappa shape index (κ3) is 3.26. The molecule has 2 rings (SSSR count). The Hall–Kier alpha value is -0.450. The number of likely N-dealkylation sites (tertiary alicyclic amines) is 1. The van der Waals surface area contributed by atoms with Crippen molar-refractivity contribution in [2.75, 3.05) is 13.1 Å². The number of hydrogen-bond acceptors (Lipinski definition) is 3. The fourth-order valence-corrected chi connectivity index (χ4v) is 2.14. The van der Waals surface area contributed by atoms with Crippen molar-refractivity contribution < 1.29 is 5.11 Å². The fraction of sp³-hybridized carbons (Fsp3) is 0.545.